The second-order valence-corrected chi connectivity index (χ2v) is 5.41. The van der Waals surface area contributed by atoms with Gasteiger partial charge in [-0.15, -0.1) is 0 Å². The number of benzene rings is 2. The van der Waals surface area contributed by atoms with E-state index in [2.05, 4.69) is 15.9 Å². The Morgan fingerprint density at radius 2 is 1.90 bits per heavy atom. The summed E-state index contributed by atoms with van der Waals surface area (Å²) in [6.07, 6.45) is 0. The number of aliphatic hydroxyl groups is 1. The highest BCUT2D eigenvalue weighted by atomic mass is 79.9. The van der Waals surface area contributed by atoms with Gasteiger partial charge in [0.05, 0.1) is 6.61 Å². The minimum Gasteiger partial charge on any atom is -0.488 e. The summed E-state index contributed by atoms with van der Waals surface area (Å²) >= 11 is 3.20. The van der Waals surface area contributed by atoms with Gasteiger partial charge in [-0.3, -0.25) is 0 Å². The van der Waals surface area contributed by atoms with Gasteiger partial charge in [0.15, 0.2) is 11.5 Å². The zero-order chi connectivity index (χ0) is 14.8. The molecule has 6 heteroatoms. The Morgan fingerprint density at radius 1 is 1.14 bits per heavy atom. The molecule has 0 radical (unpaired) electrons. The van der Waals surface area contributed by atoms with Gasteiger partial charge in [-0.1, -0.05) is 22.0 Å². The number of halogens is 2. The Hall–Kier alpha value is -1.79. The van der Waals surface area contributed by atoms with Gasteiger partial charge >= 0.3 is 0 Å². The molecule has 1 aliphatic rings. The van der Waals surface area contributed by atoms with Crippen LogP contribution in [0.1, 0.15) is 11.1 Å². The van der Waals surface area contributed by atoms with Gasteiger partial charge in [-0.25, -0.2) is 4.39 Å². The predicted octanol–water partition coefficient (Wildman–Crippen LogP) is 3.39. The van der Waals surface area contributed by atoms with Crippen molar-refractivity contribution < 1.29 is 23.7 Å². The third kappa shape index (κ3) is 2.96. The van der Waals surface area contributed by atoms with E-state index >= 15 is 0 Å². The van der Waals surface area contributed by atoms with E-state index in [-0.39, 0.29) is 25.8 Å². The molecule has 1 aliphatic heterocycles. The van der Waals surface area contributed by atoms with Crippen molar-refractivity contribution >= 4 is 15.9 Å². The Morgan fingerprint density at radius 3 is 2.62 bits per heavy atom. The average molecular weight is 355 g/mol. The molecule has 110 valence electrons. The third-order valence-electron chi connectivity index (χ3n) is 3.12. The number of hydrogen-bond acceptors (Lipinski definition) is 4. The smallest absolute Gasteiger partial charge is 0.231 e. The molecule has 0 saturated carbocycles. The first-order chi connectivity index (χ1) is 10.2. The fourth-order valence-electron chi connectivity index (χ4n) is 2.02. The predicted molar refractivity (Wildman–Crippen MR) is 76.9 cm³/mol. The molecule has 2 aromatic rings. The van der Waals surface area contributed by atoms with Gasteiger partial charge < -0.3 is 19.3 Å². The fourth-order valence-corrected chi connectivity index (χ4v) is 2.35. The lowest BCUT2D eigenvalue weighted by Crippen LogP contribution is -2.01. The van der Waals surface area contributed by atoms with Gasteiger partial charge in [-0.2, -0.15) is 0 Å². The van der Waals surface area contributed by atoms with Crippen LogP contribution in [0.2, 0.25) is 0 Å². The van der Waals surface area contributed by atoms with Gasteiger partial charge in [0.25, 0.3) is 0 Å². The van der Waals surface area contributed by atoms with Crippen molar-refractivity contribution in [1.29, 1.82) is 0 Å². The van der Waals surface area contributed by atoms with Crippen LogP contribution in [0.5, 0.6) is 17.2 Å². The van der Waals surface area contributed by atoms with Crippen molar-refractivity contribution in [3.8, 4) is 17.2 Å². The van der Waals surface area contributed by atoms with E-state index in [0.29, 0.717) is 32.8 Å². The molecule has 0 saturated heterocycles. The second kappa shape index (κ2) is 5.91. The van der Waals surface area contributed by atoms with E-state index in [1.165, 1.54) is 6.07 Å². The summed E-state index contributed by atoms with van der Waals surface area (Å²) in [4.78, 5) is 0. The van der Waals surface area contributed by atoms with Crippen LogP contribution in [0.15, 0.2) is 34.8 Å². The Balaban J connectivity index is 1.81. The molecule has 2 aromatic carbocycles. The lowest BCUT2D eigenvalue weighted by Gasteiger charge is -2.12. The maximum atomic E-state index is 13.8. The first-order valence-electron chi connectivity index (χ1n) is 6.27. The minimum absolute atomic E-state index is 0.0613. The quantitative estimate of drug-likeness (QED) is 0.914. The molecule has 4 nitrogen and oxygen atoms in total. The van der Waals surface area contributed by atoms with Crippen LogP contribution in [0.25, 0.3) is 0 Å². The molecule has 0 unspecified atom stereocenters. The highest BCUT2D eigenvalue weighted by molar-refractivity contribution is 9.10. The lowest BCUT2D eigenvalue weighted by atomic mass is 10.2. The summed E-state index contributed by atoms with van der Waals surface area (Å²) in [6.45, 7) is 0.00550. The van der Waals surface area contributed by atoms with Crippen LogP contribution in [0, 0.1) is 5.82 Å². The Kier molecular flexibility index (Phi) is 3.98. The van der Waals surface area contributed by atoms with E-state index in [9.17, 15) is 9.50 Å². The number of rotatable bonds is 4. The first kappa shape index (κ1) is 14.2. The molecule has 0 atom stereocenters. The zero-order valence-corrected chi connectivity index (χ0v) is 12.5. The van der Waals surface area contributed by atoms with E-state index in [4.69, 9.17) is 14.2 Å². The van der Waals surface area contributed by atoms with Crippen LogP contribution >= 0.6 is 15.9 Å². The highest BCUT2D eigenvalue weighted by Crippen LogP contribution is 2.38. The summed E-state index contributed by atoms with van der Waals surface area (Å²) in [5, 5.41) is 9.38. The minimum atomic E-state index is -0.351. The van der Waals surface area contributed by atoms with E-state index in [1.807, 2.05) is 0 Å². The van der Waals surface area contributed by atoms with Crippen LogP contribution < -0.4 is 14.2 Å². The summed E-state index contributed by atoms with van der Waals surface area (Å²) in [7, 11) is 0. The fraction of sp³-hybridized carbons (Fsp3) is 0.200. The molecule has 3 rings (SSSR count). The van der Waals surface area contributed by atoms with Crippen molar-refractivity contribution in [1.82, 2.24) is 0 Å². The van der Waals surface area contributed by atoms with Gasteiger partial charge in [0.2, 0.25) is 6.79 Å². The zero-order valence-electron chi connectivity index (χ0n) is 10.9. The summed E-state index contributed by atoms with van der Waals surface area (Å²) in [6, 6.07) is 8.07. The number of fused-ring (bicyclic) bond motifs is 1. The molecule has 21 heavy (non-hydrogen) atoms. The maximum absolute atomic E-state index is 13.8. The van der Waals surface area contributed by atoms with Crippen molar-refractivity contribution in [3.05, 3.63) is 51.7 Å². The molecule has 0 amide bonds. The molecule has 1 heterocycles. The normalized spacial score (nSPS) is 12.5. The van der Waals surface area contributed by atoms with Crippen LogP contribution in [0.3, 0.4) is 0 Å². The standard InChI is InChI=1S/C15H12BrFO4/c16-11-2-1-9(12(17)4-11)7-19-13-5-15-14(20-8-21-15)3-10(13)6-18/h1-5,18H,6-8H2. The second-order valence-electron chi connectivity index (χ2n) is 4.50. The molecule has 0 fully saturated rings. The number of aliphatic hydroxyl groups excluding tert-OH is 1. The van der Waals surface area contributed by atoms with E-state index in [0.717, 1.165) is 0 Å². The average Bonchev–Trinajstić information content (AvgIpc) is 2.92. The summed E-state index contributed by atoms with van der Waals surface area (Å²) in [5.74, 6) is 1.22. The van der Waals surface area contributed by atoms with Crippen molar-refractivity contribution in [2.24, 2.45) is 0 Å². The number of hydrogen-bond donors (Lipinski definition) is 1. The third-order valence-corrected chi connectivity index (χ3v) is 3.62. The van der Waals surface area contributed by atoms with Gasteiger partial charge in [-0.05, 0) is 18.2 Å². The number of ether oxygens (including phenoxy) is 3. The molecule has 0 spiro atoms. The summed E-state index contributed by atoms with van der Waals surface area (Å²) < 4.78 is 30.5. The van der Waals surface area contributed by atoms with Crippen LogP contribution in [0.4, 0.5) is 4.39 Å². The first-order valence-corrected chi connectivity index (χ1v) is 7.07. The Bertz CT molecular complexity index is 675. The van der Waals surface area contributed by atoms with Gasteiger partial charge in [0, 0.05) is 21.7 Å². The largest absolute Gasteiger partial charge is 0.488 e. The molecule has 0 bridgehead atoms. The monoisotopic (exact) mass is 354 g/mol. The van der Waals surface area contributed by atoms with Crippen molar-refractivity contribution in [3.63, 3.8) is 0 Å². The lowest BCUT2D eigenvalue weighted by molar-refractivity contribution is 0.173. The Labute approximate surface area is 129 Å². The molecule has 1 N–H and O–H groups in total. The van der Waals surface area contributed by atoms with E-state index in [1.54, 1.807) is 24.3 Å². The van der Waals surface area contributed by atoms with Crippen molar-refractivity contribution in [2.75, 3.05) is 6.79 Å². The van der Waals surface area contributed by atoms with Crippen molar-refractivity contribution in [2.45, 2.75) is 13.2 Å². The van der Waals surface area contributed by atoms with Crippen LogP contribution in [-0.4, -0.2) is 11.9 Å². The molecular formula is C15H12BrFO4. The molecule has 0 aromatic heterocycles. The maximum Gasteiger partial charge on any atom is 0.231 e. The van der Waals surface area contributed by atoms with E-state index < -0.39 is 0 Å². The molecular weight excluding hydrogens is 343 g/mol. The summed E-state index contributed by atoms with van der Waals surface area (Å²) in [5.41, 5.74) is 0.997. The highest BCUT2D eigenvalue weighted by Gasteiger charge is 2.18. The topological polar surface area (TPSA) is 47.9 Å². The SMILES string of the molecule is OCc1cc2c(cc1OCc1ccc(Br)cc1F)OCO2. The molecule has 0 aliphatic carbocycles. The van der Waals surface area contributed by atoms with Gasteiger partial charge in [0.1, 0.15) is 18.2 Å². The van der Waals surface area contributed by atoms with Crippen LogP contribution in [-0.2, 0) is 13.2 Å².